The van der Waals surface area contributed by atoms with E-state index in [1.807, 2.05) is 24.3 Å². The molecule has 0 fully saturated rings. The summed E-state index contributed by atoms with van der Waals surface area (Å²) < 4.78 is 57.4. The van der Waals surface area contributed by atoms with Crippen LogP contribution < -0.4 is 9.46 Å². The first-order valence-electron chi connectivity index (χ1n) is 7.79. The van der Waals surface area contributed by atoms with E-state index in [-0.39, 0.29) is 12.3 Å². The molecule has 5 nitrogen and oxygen atoms in total. The van der Waals surface area contributed by atoms with E-state index in [1.54, 1.807) is 12.1 Å². The highest BCUT2D eigenvalue weighted by atomic mass is 32.2. The second kappa shape index (κ2) is 7.47. The van der Waals surface area contributed by atoms with Gasteiger partial charge in [0.05, 0.1) is 0 Å². The van der Waals surface area contributed by atoms with Gasteiger partial charge < -0.3 is 4.74 Å². The molecule has 25 heavy (non-hydrogen) atoms. The van der Waals surface area contributed by atoms with Gasteiger partial charge >= 0.3 is 6.61 Å². The Morgan fingerprint density at radius 1 is 1.08 bits per heavy atom. The molecule has 0 saturated carbocycles. The summed E-state index contributed by atoms with van der Waals surface area (Å²) in [6.45, 7) is -2.04. The van der Waals surface area contributed by atoms with Crippen molar-refractivity contribution < 1.29 is 21.9 Å². The van der Waals surface area contributed by atoms with E-state index in [0.29, 0.717) is 25.1 Å². The van der Waals surface area contributed by atoms with Gasteiger partial charge in [-0.05, 0) is 35.2 Å². The molecule has 2 aromatic rings. The number of hydrogen-bond acceptors (Lipinski definition) is 3. The molecular weight excluding hydrogens is 350 g/mol. The third kappa shape index (κ3) is 4.53. The molecule has 2 aromatic carbocycles. The lowest BCUT2D eigenvalue weighted by Gasteiger charge is -2.28. The number of halogens is 2. The SMILES string of the molecule is O=S(=O)(NCc1ccc(OC(F)F)cc1)N1CCc2ccccc2C1. The molecule has 1 aliphatic heterocycles. The zero-order valence-electron chi connectivity index (χ0n) is 13.4. The van der Waals surface area contributed by atoms with Crippen LogP contribution in [-0.2, 0) is 29.7 Å². The van der Waals surface area contributed by atoms with Crippen molar-refractivity contribution >= 4 is 10.2 Å². The van der Waals surface area contributed by atoms with Gasteiger partial charge in [-0.25, -0.2) is 0 Å². The normalized spacial score (nSPS) is 15.2. The van der Waals surface area contributed by atoms with Gasteiger partial charge in [0.1, 0.15) is 5.75 Å². The van der Waals surface area contributed by atoms with E-state index in [9.17, 15) is 17.2 Å². The van der Waals surface area contributed by atoms with Gasteiger partial charge in [-0.3, -0.25) is 0 Å². The van der Waals surface area contributed by atoms with Crippen LogP contribution in [0.3, 0.4) is 0 Å². The highest BCUT2D eigenvalue weighted by molar-refractivity contribution is 7.87. The summed E-state index contributed by atoms with van der Waals surface area (Å²) in [6, 6.07) is 13.6. The summed E-state index contributed by atoms with van der Waals surface area (Å²) in [6.07, 6.45) is 0.677. The monoisotopic (exact) mass is 368 g/mol. The summed E-state index contributed by atoms with van der Waals surface area (Å²) in [5, 5.41) is 0. The van der Waals surface area contributed by atoms with Crippen molar-refractivity contribution in [3.8, 4) is 5.75 Å². The molecule has 0 atom stereocenters. The second-order valence-electron chi connectivity index (χ2n) is 5.70. The maximum atomic E-state index is 12.5. The van der Waals surface area contributed by atoms with Crippen molar-refractivity contribution in [2.24, 2.45) is 0 Å². The molecule has 0 spiro atoms. The van der Waals surface area contributed by atoms with E-state index in [2.05, 4.69) is 9.46 Å². The smallest absolute Gasteiger partial charge is 0.387 e. The zero-order chi connectivity index (χ0) is 17.9. The first-order chi connectivity index (χ1) is 11.9. The van der Waals surface area contributed by atoms with Gasteiger partial charge in [-0.15, -0.1) is 0 Å². The van der Waals surface area contributed by atoms with Crippen LogP contribution in [0, 0.1) is 0 Å². The predicted molar refractivity (Wildman–Crippen MR) is 89.4 cm³/mol. The molecule has 0 saturated heterocycles. The Kier molecular flexibility index (Phi) is 5.31. The standard InChI is InChI=1S/C17H18F2N2O3S/c18-17(19)24-16-7-5-13(6-8-16)11-20-25(22,23)21-10-9-14-3-1-2-4-15(14)12-21/h1-8,17,20H,9-12H2. The zero-order valence-corrected chi connectivity index (χ0v) is 14.2. The van der Waals surface area contributed by atoms with Crippen LogP contribution in [0.1, 0.15) is 16.7 Å². The van der Waals surface area contributed by atoms with Gasteiger partial charge in [0, 0.05) is 19.6 Å². The number of alkyl halides is 2. The van der Waals surface area contributed by atoms with Crippen LogP contribution in [0.25, 0.3) is 0 Å². The lowest BCUT2D eigenvalue weighted by atomic mass is 10.0. The predicted octanol–water partition coefficient (Wildman–Crippen LogP) is 2.68. The number of nitrogens with one attached hydrogen (secondary N) is 1. The Bertz CT molecular complexity index is 826. The van der Waals surface area contributed by atoms with Gasteiger partial charge in [0.2, 0.25) is 0 Å². The average Bonchev–Trinajstić information content (AvgIpc) is 2.60. The number of fused-ring (bicyclic) bond motifs is 1. The van der Waals surface area contributed by atoms with Gasteiger partial charge in [-0.2, -0.15) is 26.2 Å². The van der Waals surface area contributed by atoms with Crippen molar-refractivity contribution in [1.82, 2.24) is 9.03 Å². The van der Waals surface area contributed by atoms with E-state index < -0.39 is 16.8 Å². The fourth-order valence-corrected chi connectivity index (χ4v) is 3.90. The van der Waals surface area contributed by atoms with Crippen LogP contribution in [0.5, 0.6) is 5.75 Å². The molecule has 0 unspecified atom stereocenters. The minimum atomic E-state index is -3.62. The minimum Gasteiger partial charge on any atom is -0.435 e. The Labute approximate surface area is 145 Å². The summed E-state index contributed by atoms with van der Waals surface area (Å²) in [5.41, 5.74) is 2.83. The van der Waals surface area contributed by atoms with Crippen LogP contribution in [0.2, 0.25) is 0 Å². The molecule has 1 heterocycles. The largest absolute Gasteiger partial charge is 0.435 e. The number of hydrogen-bond donors (Lipinski definition) is 1. The fourth-order valence-electron chi connectivity index (χ4n) is 2.73. The summed E-state index contributed by atoms with van der Waals surface area (Å²) in [4.78, 5) is 0. The van der Waals surface area contributed by atoms with Crippen LogP contribution >= 0.6 is 0 Å². The Hall–Kier alpha value is -2.03. The first kappa shape index (κ1) is 17.8. The Morgan fingerprint density at radius 2 is 1.76 bits per heavy atom. The lowest BCUT2D eigenvalue weighted by molar-refractivity contribution is -0.0498. The van der Waals surface area contributed by atoms with Crippen molar-refractivity contribution in [2.45, 2.75) is 26.1 Å². The molecule has 1 aliphatic rings. The molecule has 0 aromatic heterocycles. The number of ether oxygens (including phenoxy) is 1. The highest BCUT2D eigenvalue weighted by Crippen LogP contribution is 2.20. The minimum absolute atomic E-state index is 0.0363. The molecule has 0 amide bonds. The van der Waals surface area contributed by atoms with Crippen LogP contribution in [-0.4, -0.2) is 25.9 Å². The Morgan fingerprint density at radius 3 is 2.44 bits per heavy atom. The Balaban J connectivity index is 1.61. The highest BCUT2D eigenvalue weighted by Gasteiger charge is 2.26. The maximum Gasteiger partial charge on any atom is 0.387 e. The third-order valence-corrected chi connectivity index (χ3v) is 5.54. The molecule has 0 aliphatic carbocycles. The van der Waals surface area contributed by atoms with Crippen molar-refractivity contribution in [3.05, 3.63) is 65.2 Å². The molecule has 0 radical (unpaired) electrons. The topological polar surface area (TPSA) is 58.6 Å². The number of benzene rings is 2. The summed E-state index contributed by atoms with van der Waals surface area (Å²) >= 11 is 0. The van der Waals surface area contributed by atoms with E-state index in [0.717, 1.165) is 5.56 Å². The second-order valence-corrected chi connectivity index (χ2v) is 7.46. The average molecular weight is 368 g/mol. The third-order valence-electron chi connectivity index (χ3n) is 4.04. The fraction of sp³-hybridized carbons (Fsp3) is 0.294. The number of rotatable bonds is 6. The molecule has 1 N–H and O–H groups in total. The molecule has 134 valence electrons. The van der Waals surface area contributed by atoms with E-state index in [1.165, 1.54) is 22.0 Å². The molecule has 3 rings (SSSR count). The van der Waals surface area contributed by atoms with Crippen LogP contribution in [0.15, 0.2) is 48.5 Å². The molecular formula is C17H18F2N2O3S. The van der Waals surface area contributed by atoms with Gasteiger partial charge in [0.15, 0.2) is 0 Å². The van der Waals surface area contributed by atoms with Crippen molar-refractivity contribution in [3.63, 3.8) is 0 Å². The lowest BCUT2D eigenvalue weighted by Crippen LogP contribution is -2.43. The summed E-state index contributed by atoms with van der Waals surface area (Å²) in [5.74, 6) is 0.0363. The van der Waals surface area contributed by atoms with Crippen molar-refractivity contribution in [2.75, 3.05) is 6.54 Å². The molecule has 0 bridgehead atoms. The molecule has 8 heteroatoms. The first-order valence-corrected chi connectivity index (χ1v) is 9.23. The quantitative estimate of drug-likeness (QED) is 0.853. The van der Waals surface area contributed by atoms with Gasteiger partial charge in [0.25, 0.3) is 10.2 Å². The van der Waals surface area contributed by atoms with Crippen LogP contribution in [0.4, 0.5) is 8.78 Å². The summed E-state index contributed by atoms with van der Waals surface area (Å²) in [7, 11) is -3.62. The van der Waals surface area contributed by atoms with Crippen molar-refractivity contribution in [1.29, 1.82) is 0 Å². The number of nitrogens with zero attached hydrogens (tertiary/aromatic N) is 1. The van der Waals surface area contributed by atoms with E-state index >= 15 is 0 Å². The maximum absolute atomic E-state index is 12.5. The van der Waals surface area contributed by atoms with E-state index in [4.69, 9.17) is 0 Å². The van der Waals surface area contributed by atoms with Gasteiger partial charge in [-0.1, -0.05) is 36.4 Å².